The van der Waals surface area contributed by atoms with Gasteiger partial charge in [-0.15, -0.1) is 0 Å². The van der Waals surface area contributed by atoms with Crippen molar-refractivity contribution in [2.45, 2.75) is 37.9 Å². The molecule has 0 N–H and O–H groups in total. The fraction of sp³-hybridized carbons (Fsp3) is 0.333. The van der Waals surface area contributed by atoms with Crippen LogP contribution < -0.4 is 0 Å². The first-order chi connectivity index (χ1) is 9.15. The van der Waals surface area contributed by atoms with Crippen molar-refractivity contribution in [3.8, 4) is 0 Å². The molecule has 19 heavy (non-hydrogen) atoms. The Morgan fingerprint density at radius 3 is 2.53 bits per heavy atom. The molecule has 100 valence electrons. The Balaban J connectivity index is 1.88. The molecule has 0 saturated carbocycles. The number of alkyl halides is 1. The quantitative estimate of drug-likeness (QED) is 0.661. The first-order valence-electron chi connectivity index (χ1n) is 6.89. The van der Waals surface area contributed by atoms with Gasteiger partial charge in [0.25, 0.3) is 0 Å². The second kappa shape index (κ2) is 6.91. The minimum atomic E-state index is 0.550. The topological polar surface area (TPSA) is 0 Å². The van der Waals surface area contributed by atoms with Gasteiger partial charge in [0.2, 0.25) is 0 Å². The highest BCUT2D eigenvalue weighted by atomic mass is 79.9. The third-order valence-corrected chi connectivity index (χ3v) is 4.31. The summed E-state index contributed by atoms with van der Waals surface area (Å²) in [6.07, 6.45) is 3.43. The van der Waals surface area contributed by atoms with Gasteiger partial charge in [0.05, 0.1) is 0 Å². The van der Waals surface area contributed by atoms with Crippen LogP contribution in [0.4, 0.5) is 0 Å². The van der Waals surface area contributed by atoms with Crippen molar-refractivity contribution in [2.24, 2.45) is 0 Å². The summed E-state index contributed by atoms with van der Waals surface area (Å²) in [4.78, 5) is 0.550. The van der Waals surface area contributed by atoms with Crippen LogP contribution in [0.5, 0.6) is 0 Å². The molecule has 2 aromatic carbocycles. The molecule has 1 unspecified atom stereocenters. The molecule has 0 aromatic heterocycles. The van der Waals surface area contributed by atoms with Crippen LogP contribution in [-0.4, -0.2) is 4.83 Å². The van der Waals surface area contributed by atoms with Gasteiger partial charge in [-0.05, 0) is 49.8 Å². The summed E-state index contributed by atoms with van der Waals surface area (Å²) in [7, 11) is 0. The first-order valence-corrected chi connectivity index (χ1v) is 7.81. The van der Waals surface area contributed by atoms with E-state index in [1.54, 1.807) is 0 Å². The average Bonchev–Trinajstić information content (AvgIpc) is 2.38. The van der Waals surface area contributed by atoms with Crippen LogP contribution in [0.2, 0.25) is 0 Å². The highest BCUT2D eigenvalue weighted by molar-refractivity contribution is 9.09. The minimum absolute atomic E-state index is 0.550. The summed E-state index contributed by atoms with van der Waals surface area (Å²) in [5, 5.41) is 0. The van der Waals surface area contributed by atoms with E-state index in [0.717, 1.165) is 12.8 Å². The largest absolute Gasteiger partial charge is 0.0887 e. The Morgan fingerprint density at radius 1 is 1.00 bits per heavy atom. The molecular formula is C18H21Br. The van der Waals surface area contributed by atoms with Crippen LogP contribution in [0.15, 0.2) is 48.5 Å². The van der Waals surface area contributed by atoms with Crippen molar-refractivity contribution in [3.05, 3.63) is 70.8 Å². The highest BCUT2D eigenvalue weighted by Crippen LogP contribution is 2.18. The number of benzene rings is 2. The zero-order valence-corrected chi connectivity index (χ0v) is 13.3. The zero-order chi connectivity index (χ0) is 13.7. The lowest BCUT2D eigenvalue weighted by Crippen LogP contribution is -2.05. The lowest BCUT2D eigenvalue weighted by Gasteiger charge is -2.11. The number of rotatable bonds is 5. The van der Waals surface area contributed by atoms with Gasteiger partial charge in [0.15, 0.2) is 0 Å². The van der Waals surface area contributed by atoms with Gasteiger partial charge in [-0.1, -0.05) is 70.0 Å². The van der Waals surface area contributed by atoms with Gasteiger partial charge in [-0.2, -0.15) is 0 Å². The van der Waals surface area contributed by atoms with E-state index in [9.17, 15) is 0 Å². The molecule has 0 fully saturated rings. The van der Waals surface area contributed by atoms with Crippen molar-refractivity contribution in [3.63, 3.8) is 0 Å². The van der Waals surface area contributed by atoms with Crippen LogP contribution in [0.25, 0.3) is 0 Å². The molecule has 0 aliphatic carbocycles. The summed E-state index contributed by atoms with van der Waals surface area (Å²) >= 11 is 3.82. The maximum absolute atomic E-state index is 3.82. The summed E-state index contributed by atoms with van der Waals surface area (Å²) < 4.78 is 0. The van der Waals surface area contributed by atoms with Crippen LogP contribution >= 0.6 is 15.9 Å². The Hall–Kier alpha value is -1.08. The van der Waals surface area contributed by atoms with Crippen LogP contribution in [0.1, 0.15) is 28.7 Å². The molecule has 0 aliphatic rings. The Morgan fingerprint density at radius 2 is 1.79 bits per heavy atom. The molecule has 0 spiro atoms. The lowest BCUT2D eigenvalue weighted by atomic mass is 10.00. The van der Waals surface area contributed by atoms with Crippen molar-refractivity contribution < 1.29 is 0 Å². The second-order valence-corrected chi connectivity index (χ2v) is 6.55. The summed E-state index contributed by atoms with van der Waals surface area (Å²) in [5.74, 6) is 0. The van der Waals surface area contributed by atoms with E-state index in [-0.39, 0.29) is 0 Å². The van der Waals surface area contributed by atoms with Gasteiger partial charge in [-0.3, -0.25) is 0 Å². The third-order valence-electron chi connectivity index (χ3n) is 3.53. The molecule has 1 heteroatoms. The number of hydrogen-bond acceptors (Lipinski definition) is 0. The average molecular weight is 317 g/mol. The van der Waals surface area contributed by atoms with Crippen LogP contribution in [-0.2, 0) is 12.8 Å². The van der Waals surface area contributed by atoms with Gasteiger partial charge >= 0.3 is 0 Å². The smallest absolute Gasteiger partial charge is 0.0189 e. The number of hydrogen-bond donors (Lipinski definition) is 0. The van der Waals surface area contributed by atoms with Gasteiger partial charge < -0.3 is 0 Å². The molecule has 0 heterocycles. The normalized spacial score (nSPS) is 12.4. The lowest BCUT2D eigenvalue weighted by molar-refractivity contribution is 0.760. The highest BCUT2D eigenvalue weighted by Gasteiger charge is 2.07. The maximum Gasteiger partial charge on any atom is 0.0189 e. The van der Waals surface area contributed by atoms with Crippen molar-refractivity contribution >= 4 is 15.9 Å². The summed E-state index contributed by atoms with van der Waals surface area (Å²) in [6.45, 7) is 4.35. The maximum atomic E-state index is 3.82. The third kappa shape index (κ3) is 4.50. The van der Waals surface area contributed by atoms with Crippen molar-refractivity contribution in [2.75, 3.05) is 0 Å². The zero-order valence-electron chi connectivity index (χ0n) is 11.7. The molecular weight excluding hydrogens is 296 g/mol. The predicted octanol–water partition coefficient (Wildman–Crippen LogP) is 5.24. The van der Waals surface area contributed by atoms with E-state index in [1.807, 2.05) is 0 Å². The molecule has 0 amide bonds. The molecule has 0 radical (unpaired) electrons. The molecule has 2 aromatic rings. The molecule has 2 rings (SSSR count). The predicted molar refractivity (Wildman–Crippen MR) is 87.1 cm³/mol. The Labute approximate surface area is 125 Å². The fourth-order valence-electron chi connectivity index (χ4n) is 2.40. The van der Waals surface area contributed by atoms with E-state index in [1.165, 1.54) is 28.7 Å². The van der Waals surface area contributed by atoms with E-state index in [4.69, 9.17) is 0 Å². The van der Waals surface area contributed by atoms with Crippen LogP contribution in [0, 0.1) is 13.8 Å². The molecule has 0 saturated heterocycles. The molecule has 0 bridgehead atoms. The van der Waals surface area contributed by atoms with Gasteiger partial charge in [0.1, 0.15) is 0 Å². The molecule has 1 atom stereocenters. The van der Waals surface area contributed by atoms with E-state index in [2.05, 4.69) is 78.3 Å². The van der Waals surface area contributed by atoms with E-state index in [0.29, 0.717) is 4.83 Å². The SMILES string of the molecule is Cc1cccc(CC(Br)CCc2ccccc2C)c1. The Kier molecular flexibility index (Phi) is 5.21. The fourth-order valence-corrected chi connectivity index (χ4v) is 3.00. The first kappa shape index (κ1) is 14.3. The number of aryl methyl sites for hydroxylation is 3. The number of halogens is 1. The standard InChI is InChI=1S/C18H21Br/c1-14-6-5-8-16(12-14)13-18(19)11-10-17-9-4-3-7-15(17)2/h3-9,12,18H,10-11,13H2,1-2H3. The second-order valence-electron chi connectivity index (χ2n) is 5.26. The van der Waals surface area contributed by atoms with Crippen LogP contribution in [0.3, 0.4) is 0 Å². The molecule has 0 nitrogen and oxygen atoms in total. The van der Waals surface area contributed by atoms with Crippen molar-refractivity contribution in [1.82, 2.24) is 0 Å². The monoisotopic (exact) mass is 316 g/mol. The molecule has 0 aliphatic heterocycles. The summed E-state index contributed by atoms with van der Waals surface area (Å²) in [5.41, 5.74) is 5.64. The minimum Gasteiger partial charge on any atom is -0.0887 e. The van der Waals surface area contributed by atoms with Gasteiger partial charge in [-0.25, -0.2) is 0 Å². The van der Waals surface area contributed by atoms with Crippen molar-refractivity contribution in [1.29, 1.82) is 0 Å². The summed E-state index contributed by atoms with van der Waals surface area (Å²) in [6, 6.07) is 17.5. The van der Waals surface area contributed by atoms with Gasteiger partial charge in [0, 0.05) is 4.83 Å². The van der Waals surface area contributed by atoms with E-state index < -0.39 is 0 Å². The Bertz CT molecular complexity index is 531. The van der Waals surface area contributed by atoms with E-state index >= 15 is 0 Å².